The lowest BCUT2D eigenvalue weighted by atomic mass is 10.3. The Morgan fingerprint density at radius 1 is 1.33 bits per heavy atom. The van der Waals surface area contributed by atoms with Gasteiger partial charge in [0.25, 0.3) is 0 Å². The average Bonchev–Trinajstić information content (AvgIpc) is 2.52. The van der Waals surface area contributed by atoms with Crippen LogP contribution in [0.3, 0.4) is 0 Å². The second kappa shape index (κ2) is 3.40. The molecule has 64 valence electrons. The molecule has 2 nitrogen and oxygen atoms in total. The third-order valence-electron chi connectivity index (χ3n) is 1.69. The molecule has 0 amide bonds. The first kappa shape index (κ1) is 8.60. The van der Waals surface area contributed by atoms with Gasteiger partial charge in [-0.15, -0.1) is 11.6 Å². The van der Waals surface area contributed by atoms with E-state index in [2.05, 4.69) is 9.97 Å². The van der Waals surface area contributed by atoms with Gasteiger partial charge < -0.3 is 0 Å². The van der Waals surface area contributed by atoms with E-state index in [4.69, 9.17) is 23.2 Å². The Hall–Kier alpha value is 0.01000. The highest BCUT2D eigenvalue weighted by Gasteiger charge is 2.17. The van der Waals surface area contributed by atoms with Gasteiger partial charge in [0.15, 0.2) is 0 Å². The molecule has 0 aromatic carbocycles. The van der Waals surface area contributed by atoms with Crippen LogP contribution < -0.4 is 0 Å². The molecular formula is C7H6Cl2N2S. The van der Waals surface area contributed by atoms with Crippen molar-refractivity contribution in [3.05, 3.63) is 22.2 Å². The summed E-state index contributed by atoms with van der Waals surface area (Å²) in [6, 6.07) is 0. The number of hydrogen-bond donors (Lipinski definition) is 0. The fourth-order valence-corrected chi connectivity index (χ4v) is 2.63. The number of rotatable bonds is 1. The summed E-state index contributed by atoms with van der Waals surface area (Å²) in [6.07, 6.45) is 0. The van der Waals surface area contributed by atoms with Crippen molar-refractivity contribution >= 4 is 35.0 Å². The maximum Gasteiger partial charge on any atom is 0.145 e. The molecule has 1 aliphatic rings. The van der Waals surface area contributed by atoms with Crippen LogP contribution in [0.2, 0.25) is 5.15 Å². The number of nitrogens with zero attached hydrogens (tertiary/aromatic N) is 2. The second-order valence-electron chi connectivity index (χ2n) is 2.48. The highest BCUT2D eigenvalue weighted by atomic mass is 35.5. The number of thioether (sulfide) groups is 1. The topological polar surface area (TPSA) is 25.8 Å². The minimum absolute atomic E-state index is 0.331. The molecule has 0 spiro atoms. The molecule has 0 saturated carbocycles. The highest BCUT2D eigenvalue weighted by Crippen LogP contribution is 2.32. The third kappa shape index (κ3) is 1.41. The van der Waals surface area contributed by atoms with E-state index in [0.29, 0.717) is 16.9 Å². The summed E-state index contributed by atoms with van der Waals surface area (Å²) in [5.41, 5.74) is 2.13. The van der Waals surface area contributed by atoms with Gasteiger partial charge in [-0.05, 0) is 0 Å². The summed E-state index contributed by atoms with van der Waals surface area (Å²) >= 11 is 13.3. The van der Waals surface area contributed by atoms with Crippen molar-refractivity contribution < 1.29 is 0 Å². The Kier molecular flexibility index (Phi) is 2.44. The maximum absolute atomic E-state index is 5.93. The molecule has 5 heteroatoms. The first-order valence-corrected chi connectivity index (χ1v) is 5.56. The quantitative estimate of drug-likeness (QED) is 0.538. The van der Waals surface area contributed by atoms with E-state index in [-0.39, 0.29) is 0 Å². The van der Waals surface area contributed by atoms with E-state index in [1.54, 1.807) is 11.8 Å². The van der Waals surface area contributed by atoms with Crippen LogP contribution in [0.1, 0.15) is 17.1 Å². The monoisotopic (exact) mass is 220 g/mol. The largest absolute Gasteiger partial charge is 0.235 e. The van der Waals surface area contributed by atoms with Crippen molar-refractivity contribution in [2.24, 2.45) is 0 Å². The summed E-state index contributed by atoms with van der Waals surface area (Å²) in [6.45, 7) is 0. The molecule has 0 atom stereocenters. The first-order valence-electron chi connectivity index (χ1n) is 3.49. The van der Waals surface area contributed by atoms with E-state index < -0.39 is 0 Å². The number of alkyl halides is 1. The number of halogens is 2. The zero-order valence-electron chi connectivity index (χ0n) is 6.18. The predicted octanol–water partition coefficient (Wildman–Crippen LogP) is 2.62. The molecule has 0 bridgehead atoms. The Labute approximate surface area is 84.7 Å². The van der Waals surface area contributed by atoms with Crippen molar-refractivity contribution in [1.29, 1.82) is 0 Å². The minimum Gasteiger partial charge on any atom is -0.235 e. The summed E-state index contributed by atoms with van der Waals surface area (Å²) in [7, 11) is 0. The SMILES string of the molecule is ClCc1nc(Cl)c2c(n1)CSC2. The Bertz CT molecular complexity index is 317. The molecule has 2 heterocycles. The fraction of sp³-hybridized carbons (Fsp3) is 0.429. The van der Waals surface area contributed by atoms with E-state index in [0.717, 1.165) is 22.8 Å². The van der Waals surface area contributed by atoms with Crippen LogP contribution >= 0.6 is 35.0 Å². The zero-order valence-corrected chi connectivity index (χ0v) is 8.51. The van der Waals surface area contributed by atoms with Crippen LogP contribution in [0, 0.1) is 0 Å². The second-order valence-corrected chi connectivity index (χ2v) is 4.09. The van der Waals surface area contributed by atoms with Crippen LogP contribution in [-0.4, -0.2) is 9.97 Å². The molecule has 2 rings (SSSR count). The molecule has 1 aromatic heterocycles. The predicted molar refractivity (Wildman–Crippen MR) is 51.6 cm³/mol. The van der Waals surface area contributed by atoms with Crippen LogP contribution in [0.4, 0.5) is 0 Å². The number of hydrogen-bond acceptors (Lipinski definition) is 3. The van der Waals surface area contributed by atoms with Crippen LogP contribution in [0.5, 0.6) is 0 Å². The lowest BCUT2D eigenvalue weighted by molar-refractivity contribution is 0.971. The van der Waals surface area contributed by atoms with Gasteiger partial charge in [-0.25, -0.2) is 9.97 Å². The third-order valence-corrected chi connectivity index (χ3v) is 3.22. The van der Waals surface area contributed by atoms with Gasteiger partial charge in [0.1, 0.15) is 11.0 Å². The Balaban J connectivity index is 2.51. The molecule has 0 N–H and O–H groups in total. The molecule has 0 aliphatic carbocycles. The smallest absolute Gasteiger partial charge is 0.145 e. The standard InChI is InChI=1S/C7H6Cl2N2S/c8-1-6-10-5-3-12-2-4(5)7(9)11-6/h1-3H2. The van der Waals surface area contributed by atoms with Crippen molar-refractivity contribution in [2.75, 3.05) is 0 Å². The molecule has 12 heavy (non-hydrogen) atoms. The van der Waals surface area contributed by atoms with Crippen molar-refractivity contribution in [3.63, 3.8) is 0 Å². The van der Waals surface area contributed by atoms with E-state index in [1.165, 1.54) is 0 Å². The molecule has 0 saturated heterocycles. The van der Waals surface area contributed by atoms with Gasteiger partial charge in [-0.3, -0.25) is 0 Å². The highest BCUT2D eigenvalue weighted by molar-refractivity contribution is 7.98. The van der Waals surface area contributed by atoms with E-state index in [9.17, 15) is 0 Å². The van der Waals surface area contributed by atoms with Crippen LogP contribution in [-0.2, 0) is 17.4 Å². The molecule has 0 fully saturated rings. The lowest BCUT2D eigenvalue weighted by Crippen LogP contribution is -1.98. The van der Waals surface area contributed by atoms with Crippen LogP contribution in [0.25, 0.3) is 0 Å². The molecule has 1 aliphatic heterocycles. The molecule has 0 unspecified atom stereocenters. The van der Waals surface area contributed by atoms with Crippen molar-refractivity contribution in [2.45, 2.75) is 17.4 Å². The summed E-state index contributed by atoms with van der Waals surface area (Å²) < 4.78 is 0. The maximum atomic E-state index is 5.93. The molecule has 0 radical (unpaired) electrons. The van der Waals surface area contributed by atoms with Gasteiger partial charge in [0.2, 0.25) is 0 Å². The van der Waals surface area contributed by atoms with Gasteiger partial charge in [0.05, 0.1) is 11.6 Å². The van der Waals surface area contributed by atoms with Crippen molar-refractivity contribution in [3.8, 4) is 0 Å². The lowest BCUT2D eigenvalue weighted by Gasteiger charge is -2.01. The van der Waals surface area contributed by atoms with Crippen molar-refractivity contribution in [1.82, 2.24) is 9.97 Å². The normalized spacial score (nSPS) is 14.8. The van der Waals surface area contributed by atoms with Crippen LogP contribution in [0.15, 0.2) is 0 Å². The molecule has 1 aromatic rings. The van der Waals surface area contributed by atoms with Gasteiger partial charge in [0, 0.05) is 17.1 Å². The van der Waals surface area contributed by atoms with Gasteiger partial charge in [-0.1, -0.05) is 11.6 Å². The van der Waals surface area contributed by atoms with E-state index in [1.807, 2.05) is 0 Å². The first-order chi connectivity index (χ1) is 5.81. The molecular weight excluding hydrogens is 215 g/mol. The zero-order chi connectivity index (χ0) is 8.55. The summed E-state index contributed by atoms with van der Waals surface area (Å²) in [4.78, 5) is 8.36. The van der Waals surface area contributed by atoms with E-state index >= 15 is 0 Å². The average molecular weight is 221 g/mol. The van der Waals surface area contributed by atoms with Gasteiger partial charge >= 0.3 is 0 Å². The van der Waals surface area contributed by atoms with Gasteiger partial charge in [-0.2, -0.15) is 11.8 Å². The summed E-state index contributed by atoms with van der Waals surface area (Å²) in [5.74, 6) is 2.82. The summed E-state index contributed by atoms with van der Waals surface area (Å²) in [5, 5.41) is 0.570. The number of aromatic nitrogens is 2. The number of fused-ring (bicyclic) bond motifs is 1. The Morgan fingerprint density at radius 2 is 2.17 bits per heavy atom. The minimum atomic E-state index is 0.331. The fourth-order valence-electron chi connectivity index (χ4n) is 1.12. The Morgan fingerprint density at radius 3 is 2.92 bits per heavy atom.